The first kappa shape index (κ1) is 19.2. The molecule has 0 aliphatic heterocycles. The summed E-state index contributed by atoms with van der Waals surface area (Å²) in [4.78, 5) is 23.7. The standard InChI is InChI=1S/C17H14F4N2O3/c18-12-6-2-3-7-13(12)23-15(24)9-26-14-8-4-1-5-11(14)16(25)22-10-17(19,20)21/h1-8H,9-10H2,(H,22,25)(H,23,24). The van der Waals surface area contributed by atoms with Crippen molar-refractivity contribution in [2.75, 3.05) is 18.5 Å². The van der Waals surface area contributed by atoms with Gasteiger partial charge in [0.05, 0.1) is 11.3 Å². The molecule has 0 saturated heterocycles. The van der Waals surface area contributed by atoms with Gasteiger partial charge in [-0.3, -0.25) is 9.59 Å². The van der Waals surface area contributed by atoms with Crippen molar-refractivity contribution in [3.05, 3.63) is 59.9 Å². The van der Waals surface area contributed by atoms with Crippen LogP contribution < -0.4 is 15.4 Å². The SMILES string of the molecule is O=C(COc1ccccc1C(=O)NCC(F)(F)F)Nc1ccccc1F. The van der Waals surface area contributed by atoms with Gasteiger partial charge in [0, 0.05) is 0 Å². The van der Waals surface area contributed by atoms with Crippen molar-refractivity contribution in [3.8, 4) is 5.75 Å². The second kappa shape index (κ2) is 8.32. The molecule has 26 heavy (non-hydrogen) atoms. The molecule has 0 aliphatic carbocycles. The Morgan fingerprint density at radius 3 is 2.35 bits per heavy atom. The van der Waals surface area contributed by atoms with Crippen LogP contribution in [0.4, 0.5) is 23.2 Å². The first-order valence-corrected chi connectivity index (χ1v) is 7.37. The summed E-state index contributed by atoms with van der Waals surface area (Å²) in [7, 11) is 0. The van der Waals surface area contributed by atoms with Gasteiger partial charge in [-0.05, 0) is 24.3 Å². The number of anilines is 1. The molecule has 0 unspecified atom stereocenters. The van der Waals surface area contributed by atoms with Crippen molar-refractivity contribution in [2.24, 2.45) is 0 Å². The normalized spacial score (nSPS) is 10.9. The van der Waals surface area contributed by atoms with E-state index in [1.165, 1.54) is 42.5 Å². The number of para-hydroxylation sites is 2. The van der Waals surface area contributed by atoms with Crippen LogP contribution in [0, 0.1) is 5.82 Å². The van der Waals surface area contributed by atoms with Crippen molar-refractivity contribution in [1.82, 2.24) is 5.32 Å². The van der Waals surface area contributed by atoms with E-state index >= 15 is 0 Å². The van der Waals surface area contributed by atoms with Crippen LogP contribution in [0.15, 0.2) is 48.5 Å². The first-order chi connectivity index (χ1) is 12.3. The predicted molar refractivity (Wildman–Crippen MR) is 85.4 cm³/mol. The lowest BCUT2D eigenvalue weighted by atomic mass is 10.2. The Morgan fingerprint density at radius 2 is 1.65 bits per heavy atom. The summed E-state index contributed by atoms with van der Waals surface area (Å²) < 4.78 is 55.2. The zero-order chi connectivity index (χ0) is 19.2. The highest BCUT2D eigenvalue weighted by Crippen LogP contribution is 2.19. The summed E-state index contributed by atoms with van der Waals surface area (Å²) in [6.45, 7) is -2.05. The number of benzene rings is 2. The molecule has 2 aromatic carbocycles. The molecule has 9 heteroatoms. The zero-order valence-electron chi connectivity index (χ0n) is 13.3. The molecule has 0 radical (unpaired) electrons. The zero-order valence-corrected chi connectivity index (χ0v) is 13.3. The van der Waals surface area contributed by atoms with Gasteiger partial charge in [-0.2, -0.15) is 13.2 Å². The average Bonchev–Trinajstić information content (AvgIpc) is 2.59. The Morgan fingerprint density at radius 1 is 1.00 bits per heavy atom. The van der Waals surface area contributed by atoms with E-state index in [1.54, 1.807) is 5.32 Å². The summed E-state index contributed by atoms with van der Waals surface area (Å²) in [6, 6.07) is 11.0. The Labute approximate surface area is 146 Å². The summed E-state index contributed by atoms with van der Waals surface area (Å²) in [5.74, 6) is -2.39. The van der Waals surface area contributed by atoms with Crippen molar-refractivity contribution in [3.63, 3.8) is 0 Å². The number of halogens is 4. The minimum atomic E-state index is -4.55. The van der Waals surface area contributed by atoms with Crippen LogP contribution in [0.2, 0.25) is 0 Å². The van der Waals surface area contributed by atoms with Gasteiger partial charge in [-0.25, -0.2) is 4.39 Å². The fourth-order valence-electron chi connectivity index (χ4n) is 1.95. The highest BCUT2D eigenvalue weighted by atomic mass is 19.4. The Balaban J connectivity index is 1.98. The maximum absolute atomic E-state index is 13.5. The summed E-state index contributed by atoms with van der Waals surface area (Å²) in [6.07, 6.45) is -4.55. The highest BCUT2D eigenvalue weighted by molar-refractivity contribution is 5.97. The second-order valence-corrected chi connectivity index (χ2v) is 5.11. The molecule has 2 aromatic rings. The third-order valence-corrected chi connectivity index (χ3v) is 3.09. The summed E-state index contributed by atoms with van der Waals surface area (Å²) in [5.41, 5.74) is -0.201. The van der Waals surface area contributed by atoms with E-state index in [-0.39, 0.29) is 17.0 Å². The lowest BCUT2D eigenvalue weighted by Gasteiger charge is -2.13. The fourth-order valence-corrected chi connectivity index (χ4v) is 1.95. The fraction of sp³-hybridized carbons (Fsp3) is 0.176. The average molecular weight is 370 g/mol. The van der Waals surface area contributed by atoms with Crippen LogP contribution in [-0.4, -0.2) is 31.1 Å². The number of rotatable bonds is 6. The third-order valence-electron chi connectivity index (χ3n) is 3.09. The Hall–Kier alpha value is -3.10. The number of carbonyl (C=O) groups excluding carboxylic acids is 2. The Kier molecular flexibility index (Phi) is 6.16. The van der Waals surface area contributed by atoms with Crippen LogP contribution in [0.25, 0.3) is 0 Å². The lowest BCUT2D eigenvalue weighted by molar-refractivity contribution is -0.123. The van der Waals surface area contributed by atoms with E-state index in [4.69, 9.17) is 4.74 Å². The van der Waals surface area contributed by atoms with Crippen molar-refractivity contribution < 1.29 is 31.9 Å². The quantitative estimate of drug-likeness (QED) is 0.768. The van der Waals surface area contributed by atoms with Crippen molar-refractivity contribution >= 4 is 17.5 Å². The molecule has 0 bridgehead atoms. The van der Waals surface area contributed by atoms with E-state index in [1.807, 2.05) is 0 Å². The molecule has 0 atom stereocenters. The van der Waals surface area contributed by atoms with Crippen LogP contribution in [0.3, 0.4) is 0 Å². The largest absolute Gasteiger partial charge is 0.483 e. The molecule has 0 heterocycles. The van der Waals surface area contributed by atoms with Crippen LogP contribution in [-0.2, 0) is 4.79 Å². The molecule has 0 fully saturated rings. The number of carbonyl (C=O) groups is 2. The first-order valence-electron chi connectivity index (χ1n) is 7.37. The number of amides is 2. The summed E-state index contributed by atoms with van der Waals surface area (Å²) >= 11 is 0. The van der Waals surface area contributed by atoms with Gasteiger partial charge in [0.2, 0.25) is 0 Å². The van der Waals surface area contributed by atoms with Crippen LogP contribution in [0.1, 0.15) is 10.4 Å². The molecular weight excluding hydrogens is 356 g/mol. The number of hydrogen-bond donors (Lipinski definition) is 2. The van der Waals surface area contributed by atoms with Crippen LogP contribution >= 0.6 is 0 Å². The van der Waals surface area contributed by atoms with E-state index in [0.29, 0.717) is 0 Å². The lowest BCUT2D eigenvalue weighted by Crippen LogP contribution is -2.34. The summed E-state index contributed by atoms with van der Waals surface area (Å²) in [5, 5.41) is 4.01. The molecular formula is C17H14F4N2O3. The number of ether oxygens (including phenoxy) is 1. The third kappa shape index (κ3) is 5.76. The molecule has 0 spiro atoms. The molecule has 2 amide bonds. The monoisotopic (exact) mass is 370 g/mol. The molecule has 0 saturated carbocycles. The van der Waals surface area contributed by atoms with E-state index < -0.39 is 37.0 Å². The minimum Gasteiger partial charge on any atom is -0.483 e. The molecule has 0 aromatic heterocycles. The molecule has 138 valence electrons. The van der Waals surface area contributed by atoms with Crippen molar-refractivity contribution in [1.29, 1.82) is 0 Å². The maximum Gasteiger partial charge on any atom is 0.405 e. The highest BCUT2D eigenvalue weighted by Gasteiger charge is 2.28. The van der Waals surface area contributed by atoms with Gasteiger partial charge < -0.3 is 15.4 Å². The van der Waals surface area contributed by atoms with Gasteiger partial charge in [-0.1, -0.05) is 24.3 Å². The number of nitrogens with one attached hydrogen (secondary N) is 2. The number of hydrogen-bond acceptors (Lipinski definition) is 3. The van der Waals surface area contributed by atoms with Gasteiger partial charge in [0.1, 0.15) is 18.1 Å². The molecule has 5 nitrogen and oxygen atoms in total. The topological polar surface area (TPSA) is 67.4 Å². The maximum atomic E-state index is 13.5. The van der Waals surface area contributed by atoms with Crippen molar-refractivity contribution in [2.45, 2.75) is 6.18 Å². The van der Waals surface area contributed by atoms with Gasteiger partial charge >= 0.3 is 6.18 Å². The van der Waals surface area contributed by atoms with E-state index in [9.17, 15) is 27.2 Å². The molecule has 2 N–H and O–H groups in total. The van der Waals surface area contributed by atoms with Gasteiger partial charge in [-0.15, -0.1) is 0 Å². The predicted octanol–water partition coefficient (Wildman–Crippen LogP) is 3.14. The van der Waals surface area contributed by atoms with E-state index in [0.717, 1.165) is 6.07 Å². The van der Waals surface area contributed by atoms with Gasteiger partial charge in [0.25, 0.3) is 11.8 Å². The Bertz CT molecular complexity index is 794. The number of alkyl halides is 3. The molecule has 2 rings (SSSR count). The van der Waals surface area contributed by atoms with Gasteiger partial charge in [0.15, 0.2) is 6.61 Å². The molecule has 0 aliphatic rings. The smallest absolute Gasteiger partial charge is 0.405 e. The second-order valence-electron chi connectivity index (χ2n) is 5.11. The van der Waals surface area contributed by atoms with Crippen LogP contribution in [0.5, 0.6) is 5.75 Å². The van der Waals surface area contributed by atoms with E-state index in [2.05, 4.69) is 5.32 Å². The minimum absolute atomic E-state index is 0.0442.